The van der Waals surface area contributed by atoms with Crippen LogP contribution in [-0.2, 0) is 15.8 Å². The zero-order chi connectivity index (χ0) is 24.2. The van der Waals surface area contributed by atoms with Crippen molar-refractivity contribution in [2.75, 3.05) is 16.8 Å². The van der Waals surface area contributed by atoms with E-state index in [4.69, 9.17) is 11.6 Å². The maximum atomic E-state index is 14.2. The molecule has 172 valence electrons. The van der Waals surface area contributed by atoms with Gasteiger partial charge in [0.2, 0.25) is 5.91 Å². The lowest BCUT2D eigenvalue weighted by atomic mass is 10.1. The molecule has 1 aliphatic rings. The first kappa shape index (κ1) is 23.8. The Morgan fingerprint density at radius 1 is 1.19 bits per heavy atom. The third-order valence-corrected chi connectivity index (χ3v) is 5.06. The van der Waals surface area contributed by atoms with Gasteiger partial charge in [-0.3, -0.25) is 14.5 Å². The molecule has 1 aliphatic heterocycles. The van der Waals surface area contributed by atoms with Gasteiger partial charge < -0.3 is 4.90 Å². The second-order valence-corrected chi connectivity index (χ2v) is 7.47. The van der Waals surface area contributed by atoms with Gasteiger partial charge in [0.05, 0.1) is 22.7 Å². The van der Waals surface area contributed by atoms with Gasteiger partial charge in [0, 0.05) is 18.8 Å². The lowest BCUT2D eigenvalue weighted by Gasteiger charge is -2.27. The third-order valence-electron chi connectivity index (χ3n) is 4.77. The number of carbonyl (C=O) groups is 2. The fourth-order valence-corrected chi connectivity index (χ4v) is 3.41. The topological polar surface area (TPSA) is 53.5 Å². The summed E-state index contributed by atoms with van der Waals surface area (Å²) in [5.74, 6) is -10.5. The molecular weight excluding hydrogens is 471 g/mol. The molecule has 0 spiro atoms. The second kappa shape index (κ2) is 7.91. The van der Waals surface area contributed by atoms with E-state index >= 15 is 0 Å². The van der Waals surface area contributed by atoms with Crippen LogP contribution >= 0.6 is 11.6 Å². The summed E-state index contributed by atoms with van der Waals surface area (Å²) < 4.78 is 95.5. The van der Waals surface area contributed by atoms with E-state index in [1.807, 2.05) is 0 Å². The number of benzene rings is 1. The molecule has 1 unspecified atom stereocenters. The molecule has 32 heavy (non-hydrogen) atoms. The zero-order valence-electron chi connectivity index (χ0n) is 16.3. The van der Waals surface area contributed by atoms with Crippen molar-refractivity contribution in [3.63, 3.8) is 0 Å². The number of carbonyl (C=O) groups excluding carboxylic acids is 2. The second-order valence-electron chi connectivity index (χ2n) is 7.07. The first-order chi connectivity index (χ1) is 14.6. The Hall–Kier alpha value is -2.89. The number of nitrogens with zero attached hydrogens (tertiary/aromatic N) is 3. The first-order valence-electron chi connectivity index (χ1n) is 8.83. The molecule has 1 aromatic heterocycles. The molecule has 1 aromatic carbocycles. The standard InChI is InChI=1S/C19H13ClF7N3O2/c1-8-3-9(19(25,26)27)4-15(28-8)30-14(7-18(23,24)17(30)32)16(31)29(2)13-5-10(20)11(21)6-12(13)22/h3-6,14H,7H2,1-2H3. The van der Waals surface area contributed by atoms with Crippen molar-refractivity contribution in [1.82, 2.24) is 4.98 Å². The summed E-state index contributed by atoms with van der Waals surface area (Å²) in [7, 11) is 0.957. The average molecular weight is 484 g/mol. The molecule has 1 saturated heterocycles. The minimum Gasteiger partial charge on any atom is -0.311 e. The maximum Gasteiger partial charge on any atom is 0.416 e. The summed E-state index contributed by atoms with van der Waals surface area (Å²) in [4.78, 5) is 29.6. The summed E-state index contributed by atoms with van der Waals surface area (Å²) in [6, 6.07) is 0.0887. The fourth-order valence-electron chi connectivity index (χ4n) is 3.25. The molecule has 5 nitrogen and oxygen atoms in total. The van der Waals surface area contributed by atoms with Gasteiger partial charge in [0.25, 0.3) is 5.91 Å². The Morgan fingerprint density at radius 2 is 1.81 bits per heavy atom. The van der Waals surface area contributed by atoms with Crippen molar-refractivity contribution in [2.24, 2.45) is 0 Å². The molecule has 0 N–H and O–H groups in total. The van der Waals surface area contributed by atoms with E-state index < -0.39 is 70.1 Å². The van der Waals surface area contributed by atoms with Crippen LogP contribution in [0.15, 0.2) is 24.3 Å². The predicted molar refractivity (Wildman–Crippen MR) is 99.6 cm³/mol. The molecule has 3 rings (SSSR count). The Kier molecular flexibility index (Phi) is 5.87. The molecule has 0 radical (unpaired) electrons. The maximum absolute atomic E-state index is 14.2. The number of likely N-dealkylation sites (N-methyl/N-ethyl adjacent to an activating group) is 1. The van der Waals surface area contributed by atoms with Crippen LogP contribution in [0.25, 0.3) is 0 Å². The highest BCUT2D eigenvalue weighted by Gasteiger charge is 2.57. The summed E-state index contributed by atoms with van der Waals surface area (Å²) in [6.45, 7) is 1.15. The van der Waals surface area contributed by atoms with Gasteiger partial charge in [-0.25, -0.2) is 13.8 Å². The zero-order valence-corrected chi connectivity index (χ0v) is 17.0. The highest BCUT2D eigenvalue weighted by molar-refractivity contribution is 6.31. The van der Waals surface area contributed by atoms with E-state index in [1.54, 1.807) is 0 Å². The van der Waals surface area contributed by atoms with E-state index in [9.17, 15) is 40.3 Å². The molecule has 1 atom stereocenters. The summed E-state index contributed by atoms with van der Waals surface area (Å²) in [5.41, 5.74) is -2.09. The first-order valence-corrected chi connectivity index (χ1v) is 9.21. The van der Waals surface area contributed by atoms with E-state index in [-0.39, 0.29) is 10.6 Å². The quantitative estimate of drug-likeness (QED) is 0.468. The van der Waals surface area contributed by atoms with Gasteiger partial charge in [0.15, 0.2) is 0 Å². The highest BCUT2D eigenvalue weighted by Crippen LogP contribution is 2.40. The van der Waals surface area contributed by atoms with Gasteiger partial charge >= 0.3 is 12.1 Å². The third kappa shape index (κ3) is 4.23. The number of hydrogen-bond donors (Lipinski definition) is 0. The van der Waals surface area contributed by atoms with Crippen LogP contribution in [0.4, 0.5) is 42.2 Å². The van der Waals surface area contributed by atoms with Crippen molar-refractivity contribution < 1.29 is 40.3 Å². The van der Waals surface area contributed by atoms with Crippen molar-refractivity contribution in [2.45, 2.75) is 31.5 Å². The molecular formula is C19H13ClF7N3O2. The molecule has 1 fully saturated rings. The van der Waals surface area contributed by atoms with Gasteiger partial charge in [-0.1, -0.05) is 11.6 Å². The lowest BCUT2D eigenvalue weighted by molar-refractivity contribution is -0.139. The minimum atomic E-state index is -4.88. The van der Waals surface area contributed by atoms with E-state index in [0.29, 0.717) is 23.1 Å². The number of halogens is 8. The molecule has 2 aromatic rings. The normalized spacial score (nSPS) is 18.2. The van der Waals surface area contributed by atoms with Gasteiger partial charge in [-0.15, -0.1) is 0 Å². The monoisotopic (exact) mass is 483 g/mol. The molecule has 2 amide bonds. The average Bonchev–Trinajstić information content (AvgIpc) is 2.91. The minimum absolute atomic E-state index is 0.157. The van der Waals surface area contributed by atoms with E-state index in [2.05, 4.69) is 4.98 Å². The number of aromatic nitrogens is 1. The fraction of sp³-hybridized carbons (Fsp3) is 0.316. The van der Waals surface area contributed by atoms with Crippen molar-refractivity contribution in [1.29, 1.82) is 0 Å². The summed E-state index contributed by atoms with van der Waals surface area (Å²) >= 11 is 5.58. The van der Waals surface area contributed by atoms with Crippen LogP contribution < -0.4 is 9.80 Å². The van der Waals surface area contributed by atoms with Crippen LogP contribution in [0.3, 0.4) is 0 Å². The van der Waals surface area contributed by atoms with Crippen molar-refractivity contribution in [3.8, 4) is 0 Å². The molecule has 13 heteroatoms. The van der Waals surface area contributed by atoms with E-state index in [1.165, 1.54) is 0 Å². The van der Waals surface area contributed by atoms with E-state index in [0.717, 1.165) is 20.0 Å². The number of pyridine rings is 1. The number of hydrogen-bond acceptors (Lipinski definition) is 3. The highest BCUT2D eigenvalue weighted by atomic mass is 35.5. The van der Waals surface area contributed by atoms with Crippen LogP contribution in [0.1, 0.15) is 17.7 Å². The molecule has 0 aliphatic carbocycles. The smallest absolute Gasteiger partial charge is 0.311 e. The molecule has 0 saturated carbocycles. The van der Waals surface area contributed by atoms with Crippen LogP contribution in [-0.4, -0.2) is 35.8 Å². The van der Waals surface area contributed by atoms with Crippen LogP contribution in [0.2, 0.25) is 5.02 Å². The number of alkyl halides is 5. The van der Waals surface area contributed by atoms with Gasteiger partial charge in [-0.05, 0) is 25.1 Å². The summed E-state index contributed by atoms with van der Waals surface area (Å²) in [6.07, 6.45) is -6.26. The SMILES string of the molecule is Cc1cc(C(F)(F)F)cc(N2C(=O)C(F)(F)CC2C(=O)N(C)c2cc(Cl)c(F)cc2F)n1. The Morgan fingerprint density at radius 3 is 2.41 bits per heavy atom. The van der Waals surface area contributed by atoms with Crippen LogP contribution in [0.5, 0.6) is 0 Å². The lowest BCUT2D eigenvalue weighted by Crippen LogP contribution is -2.46. The predicted octanol–water partition coefficient (Wildman–Crippen LogP) is 4.74. The Labute approximate surface area is 181 Å². The Bertz CT molecular complexity index is 1110. The summed E-state index contributed by atoms with van der Waals surface area (Å²) in [5, 5.41) is -0.569. The number of rotatable bonds is 3. The van der Waals surface area contributed by atoms with Crippen molar-refractivity contribution >= 4 is 34.9 Å². The largest absolute Gasteiger partial charge is 0.416 e. The van der Waals surface area contributed by atoms with Gasteiger partial charge in [0.1, 0.15) is 23.5 Å². The van der Waals surface area contributed by atoms with Crippen molar-refractivity contribution in [3.05, 3.63) is 52.2 Å². The van der Waals surface area contributed by atoms with Gasteiger partial charge in [-0.2, -0.15) is 22.0 Å². The number of amides is 2. The molecule has 2 heterocycles. The number of anilines is 2. The molecule has 0 bridgehead atoms. The van der Waals surface area contributed by atoms with Crippen LogP contribution in [0, 0.1) is 18.6 Å². The Balaban J connectivity index is 2.07. The number of aryl methyl sites for hydroxylation is 1.